The van der Waals surface area contributed by atoms with E-state index in [-0.39, 0.29) is 0 Å². The molecule has 0 saturated carbocycles. The van der Waals surface area contributed by atoms with E-state index in [9.17, 15) is 0 Å². The van der Waals surface area contributed by atoms with Crippen molar-refractivity contribution in [2.75, 3.05) is 36.9 Å². The summed E-state index contributed by atoms with van der Waals surface area (Å²) in [6.45, 7) is 5.57. The van der Waals surface area contributed by atoms with E-state index in [0.29, 0.717) is 11.9 Å². The Morgan fingerprint density at radius 1 is 1.50 bits per heavy atom. The standard InChI is InChI=1S/C12H19BrN4O/c1-2-14-12-16-7-10(13)11(17-12)15-5-3-9-4-6-18-8-9/h7,9H,2-6,8H2,1H3,(H2,14,15,16,17). The molecule has 2 rings (SSSR count). The fraction of sp³-hybridized carbons (Fsp3) is 0.667. The van der Waals surface area contributed by atoms with Crippen LogP contribution >= 0.6 is 15.9 Å². The molecule has 1 fully saturated rings. The Hall–Kier alpha value is -0.880. The second-order valence-electron chi connectivity index (χ2n) is 4.37. The highest BCUT2D eigenvalue weighted by atomic mass is 79.9. The van der Waals surface area contributed by atoms with E-state index >= 15 is 0 Å². The van der Waals surface area contributed by atoms with Gasteiger partial charge in [0.2, 0.25) is 5.95 Å². The molecule has 1 aromatic heterocycles. The van der Waals surface area contributed by atoms with Crippen molar-refractivity contribution in [1.82, 2.24) is 9.97 Å². The molecule has 100 valence electrons. The van der Waals surface area contributed by atoms with E-state index in [1.54, 1.807) is 6.20 Å². The van der Waals surface area contributed by atoms with Gasteiger partial charge in [-0.1, -0.05) is 0 Å². The van der Waals surface area contributed by atoms with E-state index in [4.69, 9.17) is 4.74 Å². The Morgan fingerprint density at radius 2 is 2.39 bits per heavy atom. The van der Waals surface area contributed by atoms with E-state index in [1.165, 1.54) is 6.42 Å². The first-order chi connectivity index (χ1) is 8.79. The number of aromatic nitrogens is 2. The minimum absolute atomic E-state index is 0.660. The highest BCUT2D eigenvalue weighted by Gasteiger charge is 2.15. The summed E-state index contributed by atoms with van der Waals surface area (Å²) in [6.07, 6.45) is 4.06. The van der Waals surface area contributed by atoms with Crippen molar-refractivity contribution < 1.29 is 4.74 Å². The number of anilines is 2. The van der Waals surface area contributed by atoms with E-state index in [1.807, 2.05) is 6.92 Å². The molecule has 0 radical (unpaired) electrons. The first-order valence-corrected chi connectivity index (χ1v) is 7.17. The molecule has 1 atom stereocenters. The molecule has 0 spiro atoms. The third-order valence-corrected chi connectivity index (χ3v) is 3.53. The van der Waals surface area contributed by atoms with Crippen LogP contribution < -0.4 is 10.6 Å². The summed E-state index contributed by atoms with van der Waals surface area (Å²) >= 11 is 3.46. The second-order valence-corrected chi connectivity index (χ2v) is 5.22. The number of hydrogen-bond acceptors (Lipinski definition) is 5. The summed E-state index contributed by atoms with van der Waals surface area (Å²) < 4.78 is 6.26. The Balaban J connectivity index is 1.85. The van der Waals surface area contributed by atoms with Crippen molar-refractivity contribution in [3.05, 3.63) is 10.7 Å². The van der Waals surface area contributed by atoms with Crippen LogP contribution in [-0.4, -0.2) is 36.3 Å². The van der Waals surface area contributed by atoms with Gasteiger partial charge in [0.25, 0.3) is 0 Å². The zero-order valence-corrected chi connectivity index (χ0v) is 12.2. The summed E-state index contributed by atoms with van der Waals surface area (Å²) in [5.41, 5.74) is 0. The lowest BCUT2D eigenvalue weighted by Crippen LogP contribution is -2.11. The highest BCUT2D eigenvalue weighted by Crippen LogP contribution is 2.21. The van der Waals surface area contributed by atoms with Gasteiger partial charge in [-0.05, 0) is 41.6 Å². The van der Waals surface area contributed by atoms with Gasteiger partial charge in [-0.15, -0.1) is 0 Å². The summed E-state index contributed by atoms with van der Waals surface area (Å²) in [5, 5.41) is 6.45. The lowest BCUT2D eigenvalue weighted by atomic mass is 10.1. The van der Waals surface area contributed by atoms with Crippen molar-refractivity contribution in [3.8, 4) is 0 Å². The number of rotatable bonds is 6. The van der Waals surface area contributed by atoms with Gasteiger partial charge >= 0.3 is 0 Å². The molecule has 6 heteroatoms. The molecule has 1 aliphatic rings. The fourth-order valence-electron chi connectivity index (χ4n) is 1.94. The maximum absolute atomic E-state index is 5.36. The molecule has 1 saturated heterocycles. The van der Waals surface area contributed by atoms with Crippen LogP contribution in [0.4, 0.5) is 11.8 Å². The van der Waals surface area contributed by atoms with Crippen LogP contribution in [0.1, 0.15) is 19.8 Å². The first kappa shape index (κ1) is 13.5. The van der Waals surface area contributed by atoms with E-state index < -0.39 is 0 Å². The van der Waals surface area contributed by atoms with Crippen LogP contribution in [0.5, 0.6) is 0 Å². The van der Waals surface area contributed by atoms with Crippen LogP contribution in [0.3, 0.4) is 0 Å². The largest absolute Gasteiger partial charge is 0.381 e. The Kier molecular flexibility index (Phi) is 5.19. The van der Waals surface area contributed by atoms with Gasteiger partial charge in [-0.25, -0.2) is 4.98 Å². The molecule has 1 aromatic rings. The number of ether oxygens (including phenoxy) is 1. The fourth-order valence-corrected chi connectivity index (χ4v) is 2.27. The predicted molar refractivity (Wildman–Crippen MR) is 75.9 cm³/mol. The molecular weight excluding hydrogens is 296 g/mol. The normalized spacial score (nSPS) is 18.9. The molecule has 0 aliphatic carbocycles. The topological polar surface area (TPSA) is 59.1 Å². The SMILES string of the molecule is CCNc1ncc(Br)c(NCCC2CCOC2)n1. The predicted octanol–water partition coefficient (Wildman–Crippen LogP) is 2.51. The maximum Gasteiger partial charge on any atom is 0.224 e. The number of nitrogens with one attached hydrogen (secondary N) is 2. The molecule has 1 unspecified atom stereocenters. The van der Waals surface area contributed by atoms with Crippen molar-refractivity contribution in [2.24, 2.45) is 5.92 Å². The smallest absolute Gasteiger partial charge is 0.224 e. The molecule has 18 heavy (non-hydrogen) atoms. The average Bonchev–Trinajstić information content (AvgIpc) is 2.86. The third kappa shape index (κ3) is 3.81. The first-order valence-electron chi connectivity index (χ1n) is 6.37. The summed E-state index contributed by atoms with van der Waals surface area (Å²) in [4.78, 5) is 8.60. The third-order valence-electron chi connectivity index (χ3n) is 2.95. The molecule has 2 N–H and O–H groups in total. The van der Waals surface area contributed by atoms with Gasteiger partial charge in [0.1, 0.15) is 5.82 Å². The minimum atomic E-state index is 0.660. The average molecular weight is 315 g/mol. The van der Waals surface area contributed by atoms with Gasteiger partial charge in [0.15, 0.2) is 0 Å². The van der Waals surface area contributed by atoms with Crippen molar-refractivity contribution in [1.29, 1.82) is 0 Å². The lowest BCUT2D eigenvalue weighted by Gasteiger charge is -2.11. The van der Waals surface area contributed by atoms with Gasteiger partial charge in [0.05, 0.1) is 4.47 Å². The molecule has 5 nitrogen and oxygen atoms in total. The molecule has 0 aromatic carbocycles. The van der Waals surface area contributed by atoms with Crippen molar-refractivity contribution in [2.45, 2.75) is 19.8 Å². The molecule has 1 aliphatic heterocycles. The monoisotopic (exact) mass is 314 g/mol. The molecule has 2 heterocycles. The minimum Gasteiger partial charge on any atom is -0.381 e. The maximum atomic E-state index is 5.36. The van der Waals surface area contributed by atoms with Gasteiger partial charge in [-0.2, -0.15) is 4.98 Å². The summed E-state index contributed by atoms with van der Waals surface area (Å²) in [5.74, 6) is 2.19. The molecular formula is C12H19BrN4O. The van der Waals surface area contributed by atoms with Crippen LogP contribution in [0.15, 0.2) is 10.7 Å². The molecule has 0 bridgehead atoms. The van der Waals surface area contributed by atoms with Crippen LogP contribution in [0.2, 0.25) is 0 Å². The van der Waals surface area contributed by atoms with Gasteiger partial charge in [-0.3, -0.25) is 0 Å². The Morgan fingerprint density at radius 3 is 3.11 bits per heavy atom. The highest BCUT2D eigenvalue weighted by molar-refractivity contribution is 9.10. The van der Waals surface area contributed by atoms with E-state index in [2.05, 4.69) is 36.5 Å². The van der Waals surface area contributed by atoms with Crippen LogP contribution in [0, 0.1) is 5.92 Å². The summed E-state index contributed by atoms with van der Waals surface area (Å²) in [6, 6.07) is 0. The Bertz CT molecular complexity index is 382. The van der Waals surface area contributed by atoms with Crippen molar-refractivity contribution in [3.63, 3.8) is 0 Å². The summed E-state index contributed by atoms with van der Waals surface area (Å²) in [7, 11) is 0. The van der Waals surface area contributed by atoms with Gasteiger partial charge < -0.3 is 15.4 Å². The lowest BCUT2D eigenvalue weighted by molar-refractivity contribution is 0.185. The number of halogens is 1. The van der Waals surface area contributed by atoms with Crippen LogP contribution in [-0.2, 0) is 4.74 Å². The zero-order valence-electron chi connectivity index (χ0n) is 10.6. The Labute approximate surface area is 116 Å². The second kappa shape index (κ2) is 6.89. The van der Waals surface area contributed by atoms with Crippen LogP contribution in [0.25, 0.3) is 0 Å². The van der Waals surface area contributed by atoms with Crippen molar-refractivity contribution >= 4 is 27.7 Å². The molecule has 0 amide bonds. The zero-order chi connectivity index (χ0) is 12.8. The quantitative estimate of drug-likeness (QED) is 0.845. The number of hydrogen-bond donors (Lipinski definition) is 2. The number of nitrogens with zero attached hydrogens (tertiary/aromatic N) is 2. The van der Waals surface area contributed by atoms with E-state index in [0.717, 1.165) is 43.0 Å². The van der Waals surface area contributed by atoms with Gasteiger partial charge in [0, 0.05) is 32.5 Å².